The van der Waals surface area contributed by atoms with Gasteiger partial charge >= 0.3 is 0 Å². The Balaban J connectivity index is 2.99. The molecule has 0 aliphatic heterocycles. The van der Waals surface area contributed by atoms with Crippen molar-refractivity contribution >= 4 is 46.1 Å². The number of nitrogens with one attached hydrogen (secondary N) is 1. The van der Waals surface area contributed by atoms with Gasteiger partial charge in [-0.25, -0.2) is 0 Å². The molecule has 0 bridgehead atoms. The van der Waals surface area contributed by atoms with Crippen LogP contribution >= 0.6 is 34.8 Å². The first-order chi connectivity index (χ1) is 6.32. The van der Waals surface area contributed by atoms with Crippen LogP contribution in [0.2, 0.25) is 0 Å². The first kappa shape index (κ1) is 11.4. The number of allylic oxidation sites excluding steroid dienone is 1. The quantitative estimate of drug-likeness (QED) is 0.501. The molecule has 1 aromatic rings. The summed E-state index contributed by atoms with van der Waals surface area (Å²) in [6.07, 6.45) is 1.21. The van der Waals surface area contributed by atoms with Crippen LogP contribution in [0.25, 0.3) is 5.57 Å². The second-order valence-corrected chi connectivity index (χ2v) is 4.79. The molecule has 0 radical (unpaired) electrons. The molecule has 0 aliphatic carbocycles. The largest absolute Gasteiger partial charge is 0.355 e. The average Bonchev–Trinajstić information content (AvgIpc) is 2.48. The molecule has 0 saturated carbocycles. The molecular formula is C7H5Cl3N2O2. The number of halogens is 3. The van der Waals surface area contributed by atoms with Crippen LogP contribution < -0.4 is 0 Å². The van der Waals surface area contributed by atoms with Crippen LogP contribution in [0, 0.1) is 10.1 Å². The lowest BCUT2D eigenvalue weighted by molar-refractivity contribution is -0.384. The molecular weight excluding hydrogens is 250 g/mol. The maximum atomic E-state index is 10.3. The van der Waals surface area contributed by atoms with Gasteiger partial charge in [-0.3, -0.25) is 10.1 Å². The monoisotopic (exact) mass is 254 g/mol. The van der Waals surface area contributed by atoms with Crippen molar-refractivity contribution in [3.05, 3.63) is 34.7 Å². The molecule has 0 atom stereocenters. The topological polar surface area (TPSA) is 58.9 Å². The number of aromatic nitrogens is 1. The van der Waals surface area contributed by atoms with Crippen LogP contribution in [0.1, 0.15) is 5.69 Å². The fraction of sp³-hybridized carbons (Fsp3) is 0.143. The highest BCUT2D eigenvalue weighted by molar-refractivity contribution is 6.72. The van der Waals surface area contributed by atoms with E-state index in [1.54, 1.807) is 0 Å². The molecule has 1 aromatic heterocycles. The minimum atomic E-state index is -1.67. The number of nitro groups is 1. The molecule has 0 amide bonds. The second-order valence-electron chi connectivity index (χ2n) is 2.50. The Morgan fingerprint density at radius 1 is 1.57 bits per heavy atom. The van der Waals surface area contributed by atoms with E-state index in [9.17, 15) is 10.1 Å². The fourth-order valence-electron chi connectivity index (χ4n) is 0.815. The molecule has 0 aliphatic rings. The van der Waals surface area contributed by atoms with E-state index in [-0.39, 0.29) is 11.3 Å². The summed E-state index contributed by atoms with van der Waals surface area (Å²) in [6, 6.07) is 1.25. The summed E-state index contributed by atoms with van der Waals surface area (Å²) in [6.45, 7) is 3.52. The molecule has 1 N–H and O–H groups in total. The average molecular weight is 255 g/mol. The van der Waals surface area contributed by atoms with Gasteiger partial charge in [-0.05, 0) is 0 Å². The molecule has 0 unspecified atom stereocenters. The van der Waals surface area contributed by atoms with Crippen molar-refractivity contribution in [3.63, 3.8) is 0 Å². The van der Waals surface area contributed by atoms with Gasteiger partial charge in [-0.2, -0.15) is 0 Å². The van der Waals surface area contributed by atoms with Gasteiger partial charge < -0.3 is 4.98 Å². The molecule has 7 heteroatoms. The number of hydrogen-bond acceptors (Lipinski definition) is 2. The molecule has 0 fully saturated rings. The minimum absolute atomic E-state index is 0.101. The first-order valence-corrected chi connectivity index (χ1v) is 4.55. The van der Waals surface area contributed by atoms with E-state index in [1.165, 1.54) is 12.3 Å². The van der Waals surface area contributed by atoms with E-state index in [1.807, 2.05) is 0 Å². The van der Waals surface area contributed by atoms with Crippen LogP contribution in [-0.4, -0.2) is 13.7 Å². The zero-order valence-corrected chi connectivity index (χ0v) is 9.03. The van der Waals surface area contributed by atoms with Crippen molar-refractivity contribution < 1.29 is 4.92 Å². The zero-order chi connectivity index (χ0) is 10.9. The maximum absolute atomic E-state index is 10.3. The summed E-state index contributed by atoms with van der Waals surface area (Å²) in [5.41, 5.74) is 0.391. The molecule has 4 nitrogen and oxygen atoms in total. The normalized spacial score (nSPS) is 11.4. The van der Waals surface area contributed by atoms with E-state index in [4.69, 9.17) is 34.8 Å². The Morgan fingerprint density at radius 3 is 2.50 bits per heavy atom. The van der Waals surface area contributed by atoms with Crippen molar-refractivity contribution in [3.8, 4) is 0 Å². The highest BCUT2D eigenvalue weighted by Crippen LogP contribution is 2.39. The number of H-pyrrole nitrogens is 1. The number of nitrogens with zero attached hydrogens (tertiary/aromatic N) is 1. The van der Waals surface area contributed by atoms with Gasteiger partial charge in [0.25, 0.3) is 5.69 Å². The van der Waals surface area contributed by atoms with Crippen molar-refractivity contribution in [2.45, 2.75) is 3.79 Å². The van der Waals surface area contributed by atoms with Crippen LogP contribution in [0.3, 0.4) is 0 Å². The molecule has 76 valence electrons. The SMILES string of the molecule is C=C(c1cc([N+](=O)[O-])c[nH]1)C(Cl)(Cl)Cl. The predicted molar refractivity (Wildman–Crippen MR) is 56.8 cm³/mol. The lowest BCUT2D eigenvalue weighted by Crippen LogP contribution is -2.04. The third-order valence-electron chi connectivity index (χ3n) is 1.55. The fourth-order valence-corrected chi connectivity index (χ4v) is 1.12. The van der Waals surface area contributed by atoms with Gasteiger partial charge in [0.15, 0.2) is 0 Å². The van der Waals surface area contributed by atoms with Gasteiger partial charge in [0, 0.05) is 11.6 Å². The molecule has 1 heterocycles. The van der Waals surface area contributed by atoms with Gasteiger partial charge in [-0.15, -0.1) is 0 Å². The van der Waals surface area contributed by atoms with Gasteiger partial charge in [0.2, 0.25) is 3.79 Å². The van der Waals surface area contributed by atoms with Crippen molar-refractivity contribution in [1.82, 2.24) is 4.98 Å². The number of aromatic amines is 1. The van der Waals surface area contributed by atoms with Gasteiger partial charge in [-0.1, -0.05) is 41.4 Å². The third kappa shape index (κ3) is 2.41. The molecule has 1 rings (SSSR count). The van der Waals surface area contributed by atoms with Crippen LogP contribution in [-0.2, 0) is 0 Å². The summed E-state index contributed by atoms with van der Waals surface area (Å²) in [5.74, 6) is 0. The Bertz CT molecular complexity index is 381. The summed E-state index contributed by atoms with van der Waals surface area (Å²) < 4.78 is -1.67. The Morgan fingerprint density at radius 2 is 2.14 bits per heavy atom. The lowest BCUT2D eigenvalue weighted by atomic mass is 10.2. The van der Waals surface area contributed by atoms with Gasteiger partial charge in [0.05, 0.1) is 16.8 Å². The predicted octanol–water partition coefficient (Wildman–Crippen LogP) is 3.31. The Kier molecular flexibility index (Phi) is 3.09. The molecule has 0 aromatic carbocycles. The van der Waals surface area contributed by atoms with E-state index >= 15 is 0 Å². The van der Waals surface area contributed by atoms with E-state index < -0.39 is 8.72 Å². The van der Waals surface area contributed by atoms with Crippen LogP contribution in [0.4, 0.5) is 5.69 Å². The van der Waals surface area contributed by atoms with E-state index in [0.717, 1.165) is 0 Å². The molecule has 0 saturated heterocycles. The van der Waals surface area contributed by atoms with Crippen LogP contribution in [0.5, 0.6) is 0 Å². The van der Waals surface area contributed by atoms with E-state index in [0.29, 0.717) is 5.69 Å². The first-order valence-electron chi connectivity index (χ1n) is 3.41. The van der Waals surface area contributed by atoms with E-state index in [2.05, 4.69) is 11.6 Å². The number of hydrogen-bond donors (Lipinski definition) is 1. The highest BCUT2D eigenvalue weighted by Gasteiger charge is 2.27. The summed E-state index contributed by atoms with van der Waals surface area (Å²) >= 11 is 16.6. The summed E-state index contributed by atoms with van der Waals surface area (Å²) in [4.78, 5) is 12.4. The molecule has 0 spiro atoms. The van der Waals surface area contributed by atoms with Crippen molar-refractivity contribution in [1.29, 1.82) is 0 Å². The number of rotatable bonds is 2. The number of alkyl halides is 3. The smallest absolute Gasteiger partial charge is 0.287 e. The lowest BCUT2D eigenvalue weighted by Gasteiger charge is -2.11. The standard InChI is InChI=1S/C7H5Cl3N2O2/c1-4(7(8,9)10)6-2-5(3-11-6)12(13)14/h2-3,11H,1H2. The Hall–Kier alpha value is -0.710. The summed E-state index contributed by atoms with van der Waals surface area (Å²) in [5, 5.41) is 10.3. The van der Waals surface area contributed by atoms with Crippen LogP contribution in [0.15, 0.2) is 18.8 Å². The second kappa shape index (κ2) is 3.81. The van der Waals surface area contributed by atoms with Crippen molar-refractivity contribution in [2.24, 2.45) is 0 Å². The third-order valence-corrected chi connectivity index (χ3v) is 2.23. The minimum Gasteiger partial charge on any atom is -0.355 e. The molecule has 14 heavy (non-hydrogen) atoms. The maximum Gasteiger partial charge on any atom is 0.287 e. The van der Waals surface area contributed by atoms with Crippen molar-refractivity contribution in [2.75, 3.05) is 0 Å². The highest BCUT2D eigenvalue weighted by atomic mass is 35.6. The Labute approximate surface area is 94.6 Å². The van der Waals surface area contributed by atoms with Gasteiger partial charge in [0.1, 0.15) is 0 Å². The zero-order valence-electron chi connectivity index (χ0n) is 6.76. The summed E-state index contributed by atoms with van der Waals surface area (Å²) in [7, 11) is 0.